The molecule has 0 radical (unpaired) electrons. The summed E-state index contributed by atoms with van der Waals surface area (Å²) in [7, 11) is 0. The van der Waals surface area contributed by atoms with Gasteiger partial charge in [0.05, 0.1) is 0 Å². The predicted octanol–water partition coefficient (Wildman–Crippen LogP) is 7.17. The Morgan fingerprint density at radius 2 is 0.667 bits per heavy atom. The minimum absolute atomic E-state index is 0.612. The zero-order valence-electron chi connectivity index (χ0n) is 19.8. The van der Waals surface area contributed by atoms with Crippen LogP contribution in [0.25, 0.3) is 21.5 Å². The van der Waals surface area contributed by atoms with E-state index in [1.54, 1.807) is 0 Å². The number of aliphatic hydroxyl groups is 2. The normalized spacial score (nSPS) is 14.8. The molecule has 0 saturated heterocycles. The number of benzene rings is 6. The van der Waals surface area contributed by atoms with Crippen LogP contribution >= 0.6 is 0 Å². The van der Waals surface area contributed by atoms with Crippen LogP contribution in [0.5, 0.6) is 0 Å². The standard InChI is InChI=1S/C34H26O2/c35-33(27-17-3-1-4-18-27,31-23-11-15-25-13-7-9-21-29(25)31)34(36,28-19-5-2-6-20-28)32-24-12-16-26-14-8-10-22-30(26)32/h1-24,35-36H/t33-,34-/m1/s1. The smallest absolute Gasteiger partial charge is 0.152 e. The lowest BCUT2D eigenvalue weighted by atomic mass is 9.65. The van der Waals surface area contributed by atoms with Crippen molar-refractivity contribution >= 4 is 21.5 Å². The van der Waals surface area contributed by atoms with E-state index >= 15 is 0 Å². The summed E-state index contributed by atoms with van der Waals surface area (Å²) >= 11 is 0. The fraction of sp³-hybridized carbons (Fsp3) is 0.0588. The maximum Gasteiger partial charge on any atom is 0.152 e. The van der Waals surface area contributed by atoms with Crippen molar-refractivity contribution < 1.29 is 10.2 Å². The number of fused-ring (bicyclic) bond motifs is 2. The van der Waals surface area contributed by atoms with Gasteiger partial charge in [-0.1, -0.05) is 146 Å². The van der Waals surface area contributed by atoms with Crippen molar-refractivity contribution in [2.75, 3.05) is 0 Å². The van der Waals surface area contributed by atoms with Crippen molar-refractivity contribution in [2.45, 2.75) is 11.2 Å². The lowest BCUT2D eigenvalue weighted by Crippen LogP contribution is -2.51. The Bertz CT molecular complexity index is 1520. The Morgan fingerprint density at radius 1 is 0.333 bits per heavy atom. The van der Waals surface area contributed by atoms with Crippen LogP contribution < -0.4 is 0 Å². The molecule has 0 spiro atoms. The van der Waals surface area contributed by atoms with Gasteiger partial charge in [-0.3, -0.25) is 0 Å². The highest BCUT2D eigenvalue weighted by molar-refractivity contribution is 5.90. The highest BCUT2D eigenvalue weighted by Crippen LogP contribution is 2.52. The van der Waals surface area contributed by atoms with Crippen molar-refractivity contribution in [3.63, 3.8) is 0 Å². The molecule has 0 fully saturated rings. The molecule has 6 aromatic rings. The van der Waals surface area contributed by atoms with Crippen molar-refractivity contribution in [2.24, 2.45) is 0 Å². The first-order valence-electron chi connectivity index (χ1n) is 12.2. The van der Waals surface area contributed by atoms with Crippen molar-refractivity contribution in [3.05, 3.63) is 168 Å². The lowest BCUT2D eigenvalue weighted by molar-refractivity contribution is -0.111. The molecule has 2 nitrogen and oxygen atoms in total. The maximum atomic E-state index is 13.2. The van der Waals surface area contributed by atoms with Gasteiger partial charge in [0.25, 0.3) is 0 Å². The van der Waals surface area contributed by atoms with E-state index in [0.29, 0.717) is 22.3 Å². The summed E-state index contributed by atoms with van der Waals surface area (Å²) in [5.74, 6) is 0. The zero-order valence-corrected chi connectivity index (χ0v) is 19.8. The van der Waals surface area contributed by atoms with E-state index in [1.165, 1.54) is 0 Å². The van der Waals surface area contributed by atoms with Crippen LogP contribution in [0.2, 0.25) is 0 Å². The molecular formula is C34H26O2. The van der Waals surface area contributed by atoms with Gasteiger partial charge >= 0.3 is 0 Å². The van der Waals surface area contributed by atoms with Crippen LogP contribution in [-0.4, -0.2) is 10.2 Å². The Labute approximate surface area is 210 Å². The summed E-state index contributed by atoms with van der Waals surface area (Å²) in [6.45, 7) is 0. The fourth-order valence-corrected chi connectivity index (χ4v) is 5.56. The van der Waals surface area contributed by atoms with E-state index in [0.717, 1.165) is 21.5 Å². The minimum Gasteiger partial charge on any atom is -0.377 e. The molecule has 174 valence electrons. The molecule has 6 rings (SSSR count). The van der Waals surface area contributed by atoms with Crippen molar-refractivity contribution in [1.29, 1.82) is 0 Å². The highest BCUT2D eigenvalue weighted by atomic mass is 16.4. The molecule has 0 aromatic heterocycles. The molecule has 0 heterocycles. The Balaban J connectivity index is 1.81. The van der Waals surface area contributed by atoms with Gasteiger partial charge in [-0.05, 0) is 43.8 Å². The van der Waals surface area contributed by atoms with Crippen LogP contribution in [-0.2, 0) is 11.2 Å². The molecule has 2 heteroatoms. The molecule has 0 unspecified atom stereocenters. The number of rotatable bonds is 5. The molecule has 0 saturated carbocycles. The summed E-state index contributed by atoms with van der Waals surface area (Å²) < 4.78 is 0. The number of hydrogen-bond acceptors (Lipinski definition) is 2. The Morgan fingerprint density at radius 3 is 1.08 bits per heavy atom. The molecule has 6 aromatic carbocycles. The van der Waals surface area contributed by atoms with Gasteiger partial charge in [0.2, 0.25) is 0 Å². The van der Waals surface area contributed by atoms with E-state index in [4.69, 9.17) is 0 Å². The first-order chi connectivity index (χ1) is 17.6. The average Bonchev–Trinajstić information content (AvgIpc) is 2.96. The molecule has 2 atom stereocenters. The predicted molar refractivity (Wildman–Crippen MR) is 147 cm³/mol. The topological polar surface area (TPSA) is 40.5 Å². The van der Waals surface area contributed by atoms with Crippen molar-refractivity contribution in [1.82, 2.24) is 0 Å². The molecular weight excluding hydrogens is 440 g/mol. The van der Waals surface area contributed by atoms with E-state index in [9.17, 15) is 10.2 Å². The SMILES string of the molecule is O[C@](c1ccccc1)(c1cccc2ccccc12)[C@@](O)(c1ccccc1)c1cccc2ccccc12. The maximum absolute atomic E-state index is 13.2. The van der Waals surface area contributed by atoms with Gasteiger partial charge in [0.15, 0.2) is 11.2 Å². The van der Waals surface area contributed by atoms with Crippen LogP contribution in [0.3, 0.4) is 0 Å². The monoisotopic (exact) mass is 466 g/mol. The van der Waals surface area contributed by atoms with Crippen LogP contribution in [0, 0.1) is 0 Å². The second kappa shape index (κ2) is 8.76. The quantitative estimate of drug-likeness (QED) is 0.283. The van der Waals surface area contributed by atoms with E-state index in [2.05, 4.69) is 0 Å². The Kier molecular flexibility index (Phi) is 5.41. The summed E-state index contributed by atoms with van der Waals surface area (Å²) in [6, 6.07) is 46.8. The highest BCUT2D eigenvalue weighted by Gasteiger charge is 2.55. The molecule has 0 amide bonds. The first kappa shape index (κ1) is 22.2. The summed E-state index contributed by atoms with van der Waals surface area (Å²) in [4.78, 5) is 0. The third-order valence-corrected chi connectivity index (χ3v) is 7.27. The third-order valence-electron chi connectivity index (χ3n) is 7.27. The van der Waals surface area contributed by atoms with E-state index < -0.39 is 11.2 Å². The largest absolute Gasteiger partial charge is 0.377 e. The van der Waals surface area contributed by atoms with Gasteiger partial charge < -0.3 is 10.2 Å². The minimum atomic E-state index is -1.82. The summed E-state index contributed by atoms with van der Waals surface area (Å²) in [5, 5.41) is 30.1. The second-order valence-corrected chi connectivity index (χ2v) is 9.21. The molecule has 0 bridgehead atoms. The summed E-state index contributed by atoms with van der Waals surface area (Å²) in [6.07, 6.45) is 0. The number of hydrogen-bond donors (Lipinski definition) is 2. The van der Waals surface area contributed by atoms with E-state index in [-0.39, 0.29) is 0 Å². The van der Waals surface area contributed by atoms with Crippen LogP contribution in [0.15, 0.2) is 146 Å². The van der Waals surface area contributed by atoms with Crippen molar-refractivity contribution in [3.8, 4) is 0 Å². The van der Waals surface area contributed by atoms with Gasteiger partial charge in [-0.25, -0.2) is 0 Å². The van der Waals surface area contributed by atoms with Gasteiger partial charge in [-0.2, -0.15) is 0 Å². The average molecular weight is 467 g/mol. The lowest BCUT2D eigenvalue weighted by Gasteiger charge is -2.46. The second-order valence-electron chi connectivity index (χ2n) is 9.21. The Hall–Kier alpha value is -4.24. The van der Waals surface area contributed by atoms with Gasteiger partial charge in [-0.15, -0.1) is 0 Å². The fourth-order valence-electron chi connectivity index (χ4n) is 5.56. The molecule has 2 N–H and O–H groups in total. The molecule has 0 aliphatic rings. The van der Waals surface area contributed by atoms with Crippen LogP contribution in [0.4, 0.5) is 0 Å². The first-order valence-corrected chi connectivity index (χ1v) is 12.2. The molecule has 0 aliphatic heterocycles. The van der Waals surface area contributed by atoms with E-state index in [1.807, 2.05) is 146 Å². The zero-order chi connectivity index (χ0) is 24.6. The van der Waals surface area contributed by atoms with Gasteiger partial charge in [0, 0.05) is 0 Å². The molecule has 36 heavy (non-hydrogen) atoms. The van der Waals surface area contributed by atoms with Crippen LogP contribution in [0.1, 0.15) is 22.3 Å². The summed E-state index contributed by atoms with van der Waals surface area (Å²) in [5.41, 5.74) is -1.13. The third kappa shape index (κ3) is 3.27. The van der Waals surface area contributed by atoms with Gasteiger partial charge in [0.1, 0.15) is 0 Å². The molecule has 0 aliphatic carbocycles.